The van der Waals surface area contributed by atoms with Crippen LogP contribution in [-0.2, 0) is 27.3 Å². The predicted molar refractivity (Wildman–Crippen MR) is 101 cm³/mol. The Morgan fingerprint density at radius 1 is 1.31 bits per heavy atom. The van der Waals surface area contributed by atoms with Gasteiger partial charge in [0.15, 0.2) is 6.61 Å². The van der Waals surface area contributed by atoms with Crippen LogP contribution in [0.2, 0.25) is 5.02 Å². The molecule has 2 aromatic rings. The number of benzene rings is 1. The smallest absolute Gasteiger partial charge is 0.310 e. The second kappa shape index (κ2) is 8.85. The second-order valence-electron chi connectivity index (χ2n) is 6.62. The first-order chi connectivity index (χ1) is 12.3. The first-order valence-corrected chi connectivity index (χ1v) is 8.88. The molecule has 0 atom stereocenters. The summed E-state index contributed by atoms with van der Waals surface area (Å²) in [6.45, 7) is 8.49. The van der Waals surface area contributed by atoms with E-state index in [4.69, 9.17) is 16.3 Å². The van der Waals surface area contributed by atoms with Crippen molar-refractivity contribution in [3.63, 3.8) is 0 Å². The highest BCUT2D eigenvalue weighted by molar-refractivity contribution is 6.30. The highest BCUT2D eigenvalue weighted by Crippen LogP contribution is 2.16. The molecule has 0 saturated heterocycles. The Morgan fingerprint density at radius 3 is 2.69 bits per heavy atom. The molecule has 1 amide bonds. The van der Waals surface area contributed by atoms with Gasteiger partial charge in [-0.15, -0.1) is 0 Å². The minimum absolute atomic E-state index is 0.0974. The van der Waals surface area contributed by atoms with E-state index >= 15 is 0 Å². The summed E-state index contributed by atoms with van der Waals surface area (Å²) in [6.07, 6.45) is 0.0974. The Balaban J connectivity index is 1.89. The molecule has 6 nitrogen and oxygen atoms in total. The summed E-state index contributed by atoms with van der Waals surface area (Å²) >= 11 is 5.86. The highest BCUT2D eigenvalue weighted by Gasteiger charge is 2.17. The van der Waals surface area contributed by atoms with Crippen molar-refractivity contribution in [3.8, 4) is 0 Å². The molecule has 1 aromatic carbocycles. The third-order valence-corrected chi connectivity index (χ3v) is 4.10. The Hall–Kier alpha value is -2.34. The van der Waals surface area contributed by atoms with E-state index in [-0.39, 0.29) is 13.0 Å². The summed E-state index contributed by atoms with van der Waals surface area (Å²) in [5.74, 6) is -0.408. The molecule has 2 rings (SSSR count). The van der Waals surface area contributed by atoms with Crippen LogP contribution < -0.4 is 5.32 Å². The topological polar surface area (TPSA) is 73.2 Å². The molecule has 1 heterocycles. The number of amides is 1. The Morgan fingerprint density at radius 2 is 2.04 bits per heavy atom. The van der Waals surface area contributed by atoms with Crippen LogP contribution in [0.25, 0.3) is 0 Å². The summed E-state index contributed by atoms with van der Waals surface area (Å²) < 4.78 is 7.00. The maximum atomic E-state index is 12.1. The van der Waals surface area contributed by atoms with Gasteiger partial charge in [-0.1, -0.05) is 31.5 Å². The number of aryl methyl sites for hydroxylation is 1. The number of carbonyl (C=O) groups excluding carboxylic acids is 2. The van der Waals surface area contributed by atoms with E-state index in [0.717, 1.165) is 23.5 Å². The van der Waals surface area contributed by atoms with Crippen LogP contribution >= 0.6 is 11.6 Å². The van der Waals surface area contributed by atoms with E-state index in [1.165, 1.54) is 0 Å². The highest BCUT2D eigenvalue weighted by atomic mass is 35.5. The van der Waals surface area contributed by atoms with E-state index in [1.807, 2.05) is 18.5 Å². The lowest BCUT2D eigenvalue weighted by Crippen LogP contribution is -2.21. The maximum absolute atomic E-state index is 12.1. The van der Waals surface area contributed by atoms with Crippen LogP contribution in [0, 0.1) is 19.8 Å². The molecule has 0 radical (unpaired) electrons. The monoisotopic (exact) mass is 377 g/mol. The van der Waals surface area contributed by atoms with Gasteiger partial charge in [0, 0.05) is 28.5 Å². The number of hydrogen-bond acceptors (Lipinski definition) is 4. The van der Waals surface area contributed by atoms with Crippen molar-refractivity contribution in [2.45, 2.75) is 40.7 Å². The summed E-state index contributed by atoms with van der Waals surface area (Å²) in [5, 5.41) is 7.63. The van der Waals surface area contributed by atoms with Crippen molar-refractivity contribution in [1.29, 1.82) is 0 Å². The van der Waals surface area contributed by atoms with Crippen molar-refractivity contribution < 1.29 is 14.3 Å². The average molecular weight is 378 g/mol. The van der Waals surface area contributed by atoms with Crippen LogP contribution in [0.4, 0.5) is 5.69 Å². The molecule has 0 saturated carbocycles. The molecular formula is C19H24ClN3O3. The summed E-state index contributed by atoms with van der Waals surface area (Å²) in [6, 6.07) is 6.77. The molecule has 0 aliphatic rings. The third-order valence-electron chi connectivity index (χ3n) is 3.86. The zero-order valence-corrected chi connectivity index (χ0v) is 16.3. The fourth-order valence-electron chi connectivity index (χ4n) is 2.62. The molecule has 0 spiro atoms. The predicted octanol–water partition coefficient (Wildman–Crippen LogP) is 3.53. The minimum Gasteiger partial charge on any atom is -0.455 e. The number of esters is 1. The third kappa shape index (κ3) is 5.59. The molecule has 0 aliphatic heterocycles. The molecule has 0 unspecified atom stereocenters. The molecule has 140 valence electrons. The molecule has 7 heteroatoms. The SMILES string of the molecule is Cc1nn(CC(C)C)c(C)c1CC(=O)OCC(=O)Nc1cccc(Cl)c1. The van der Waals surface area contributed by atoms with Gasteiger partial charge in [-0.3, -0.25) is 14.3 Å². The lowest BCUT2D eigenvalue weighted by atomic mass is 10.1. The van der Waals surface area contributed by atoms with Crippen LogP contribution in [0.3, 0.4) is 0 Å². The van der Waals surface area contributed by atoms with Gasteiger partial charge < -0.3 is 10.1 Å². The fraction of sp³-hybridized carbons (Fsp3) is 0.421. The summed E-state index contributed by atoms with van der Waals surface area (Å²) in [5.41, 5.74) is 3.17. The van der Waals surface area contributed by atoms with E-state index in [0.29, 0.717) is 16.6 Å². The number of aromatic nitrogens is 2. The minimum atomic E-state index is -0.457. The van der Waals surface area contributed by atoms with Crippen LogP contribution in [0.1, 0.15) is 30.8 Å². The number of halogens is 1. The molecule has 1 aromatic heterocycles. The van der Waals surface area contributed by atoms with Crippen molar-refractivity contribution in [2.24, 2.45) is 5.92 Å². The van der Waals surface area contributed by atoms with Gasteiger partial charge >= 0.3 is 5.97 Å². The van der Waals surface area contributed by atoms with E-state index in [1.54, 1.807) is 24.3 Å². The van der Waals surface area contributed by atoms with Crippen LogP contribution in [0.5, 0.6) is 0 Å². The van der Waals surface area contributed by atoms with Gasteiger partial charge in [0.25, 0.3) is 5.91 Å². The number of hydrogen-bond donors (Lipinski definition) is 1. The Kier molecular flexibility index (Phi) is 6.80. The number of nitrogens with one attached hydrogen (secondary N) is 1. The lowest BCUT2D eigenvalue weighted by Gasteiger charge is -2.09. The van der Waals surface area contributed by atoms with Gasteiger partial charge in [0.05, 0.1) is 12.1 Å². The lowest BCUT2D eigenvalue weighted by molar-refractivity contribution is -0.146. The van der Waals surface area contributed by atoms with Gasteiger partial charge in [0.2, 0.25) is 0 Å². The fourth-order valence-corrected chi connectivity index (χ4v) is 2.81. The quantitative estimate of drug-likeness (QED) is 0.749. The number of rotatable bonds is 7. The van der Waals surface area contributed by atoms with Crippen molar-refractivity contribution in [2.75, 3.05) is 11.9 Å². The Bertz CT molecular complexity index is 799. The van der Waals surface area contributed by atoms with E-state index in [9.17, 15) is 9.59 Å². The van der Waals surface area contributed by atoms with Crippen LogP contribution in [0.15, 0.2) is 24.3 Å². The van der Waals surface area contributed by atoms with Gasteiger partial charge in [-0.2, -0.15) is 5.10 Å². The molecule has 0 aliphatic carbocycles. The first kappa shape index (κ1) is 20.0. The number of carbonyl (C=O) groups is 2. The van der Waals surface area contributed by atoms with Gasteiger partial charge in [-0.25, -0.2) is 0 Å². The normalized spacial score (nSPS) is 10.8. The van der Waals surface area contributed by atoms with E-state index in [2.05, 4.69) is 24.3 Å². The molecule has 1 N–H and O–H groups in total. The molecule has 26 heavy (non-hydrogen) atoms. The largest absolute Gasteiger partial charge is 0.455 e. The van der Waals surface area contributed by atoms with Crippen LogP contribution in [-0.4, -0.2) is 28.3 Å². The standard InChI is InChI=1S/C19H24ClN3O3/c1-12(2)10-23-14(4)17(13(3)22-23)9-19(25)26-11-18(24)21-16-7-5-6-15(20)8-16/h5-8,12H,9-11H2,1-4H3,(H,21,24). The number of ether oxygens (including phenoxy) is 1. The van der Waals surface area contributed by atoms with Crippen molar-refractivity contribution in [3.05, 3.63) is 46.2 Å². The van der Waals surface area contributed by atoms with Gasteiger partial charge in [0.1, 0.15) is 0 Å². The number of nitrogens with zero attached hydrogens (tertiary/aromatic N) is 2. The summed E-state index contributed by atoms with van der Waals surface area (Å²) in [4.78, 5) is 24.0. The van der Waals surface area contributed by atoms with Crippen molar-refractivity contribution in [1.82, 2.24) is 9.78 Å². The second-order valence-corrected chi connectivity index (χ2v) is 7.06. The van der Waals surface area contributed by atoms with Crippen molar-refractivity contribution >= 4 is 29.2 Å². The summed E-state index contributed by atoms with van der Waals surface area (Å²) in [7, 11) is 0. The zero-order chi connectivity index (χ0) is 19.3. The maximum Gasteiger partial charge on any atom is 0.310 e. The number of anilines is 1. The molecule has 0 fully saturated rings. The molecule has 0 bridgehead atoms. The average Bonchev–Trinajstić information content (AvgIpc) is 2.80. The molecular weight excluding hydrogens is 354 g/mol. The first-order valence-electron chi connectivity index (χ1n) is 8.50. The van der Waals surface area contributed by atoms with E-state index < -0.39 is 11.9 Å². The zero-order valence-electron chi connectivity index (χ0n) is 15.5. The van der Waals surface area contributed by atoms with Gasteiger partial charge in [-0.05, 0) is 38.0 Å². The Labute approximate surface area is 158 Å².